The fourth-order valence-electron chi connectivity index (χ4n) is 2.14. The first-order valence-electron chi connectivity index (χ1n) is 5.63. The lowest BCUT2D eigenvalue weighted by molar-refractivity contribution is -0.140. The zero-order chi connectivity index (χ0) is 11.4. The Hall–Kier alpha value is -0.610. The molecule has 0 amide bonds. The van der Waals surface area contributed by atoms with Gasteiger partial charge in [0.15, 0.2) is 0 Å². The van der Waals surface area contributed by atoms with Crippen LogP contribution in [0.3, 0.4) is 0 Å². The summed E-state index contributed by atoms with van der Waals surface area (Å²) in [6.07, 6.45) is 1.32. The van der Waals surface area contributed by atoms with E-state index in [0.29, 0.717) is 12.6 Å². The molecule has 0 spiro atoms. The van der Waals surface area contributed by atoms with Crippen molar-refractivity contribution in [3.63, 3.8) is 0 Å². The number of hydrogen-bond donors (Lipinski definition) is 1. The third kappa shape index (κ3) is 3.47. The lowest BCUT2D eigenvalue weighted by atomic mass is 10.1. The zero-order valence-corrected chi connectivity index (χ0v) is 9.77. The van der Waals surface area contributed by atoms with Crippen molar-refractivity contribution in [2.45, 2.75) is 51.8 Å². The molecule has 0 aromatic heterocycles. The van der Waals surface area contributed by atoms with Crippen molar-refractivity contribution < 1.29 is 14.6 Å². The number of carboxylic acid groups (broad SMARTS) is 1. The maximum absolute atomic E-state index is 10.7. The van der Waals surface area contributed by atoms with Gasteiger partial charge in [-0.25, -0.2) is 0 Å². The largest absolute Gasteiger partial charge is 0.481 e. The summed E-state index contributed by atoms with van der Waals surface area (Å²) in [6, 6.07) is 0.467. The van der Waals surface area contributed by atoms with Gasteiger partial charge in [0, 0.05) is 18.6 Å². The molecule has 1 aliphatic rings. The van der Waals surface area contributed by atoms with Gasteiger partial charge in [-0.1, -0.05) is 6.92 Å². The summed E-state index contributed by atoms with van der Waals surface area (Å²) in [4.78, 5) is 13.0. The van der Waals surface area contributed by atoms with Crippen LogP contribution in [0.1, 0.15) is 33.6 Å². The van der Waals surface area contributed by atoms with Crippen LogP contribution in [0.2, 0.25) is 0 Å². The van der Waals surface area contributed by atoms with E-state index in [0.717, 1.165) is 13.0 Å². The minimum atomic E-state index is -0.715. The number of carboxylic acids is 1. The smallest absolute Gasteiger partial charge is 0.304 e. The van der Waals surface area contributed by atoms with Gasteiger partial charge in [0.05, 0.1) is 19.1 Å². The van der Waals surface area contributed by atoms with Crippen molar-refractivity contribution in [2.75, 3.05) is 13.2 Å². The second-order valence-corrected chi connectivity index (χ2v) is 4.35. The Morgan fingerprint density at radius 3 is 2.80 bits per heavy atom. The Morgan fingerprint density at radius 1 is 1.60 bits per heavy atom. The summed E-state index contributed by atoms with van der Waals surface area (Å²) in [5.41, 5.74) is 0. The van der Waals surface area contributed by atoms with Crippen LogP contribution in [0.5, 0.6) is 0 Å². The van der Waals surface area contributed by atoms with Gasteiger partial charge in [-0.05, 0) is 20.3 Å². The van der Waals surface area contributed by atoms with Crippen LogP contribution in [-0.4, -0.2) is 47.3 Å². The lowest BCUT2D eigenvalue weighted by Crippen LogP contribution is -2.52. The van der Waals surface area contributed by atoms with Gasteiger partial charge in [-0.2, -0.15) is 0 Å². The van der Waals surface area contributed by atoms with E-state index < -0.39 is 5.97 Å². The van der Waals surface area contributed by atoms with Crippen LogP contribution in [0, 0.1) is 0 Å². The number of rotatable bonds is 4. The average molecular weight is 215 g/mol. The molecule has 3 unspecified atom stereocenters. The van der Waals surface area contributed by atoms with Crippen LogP contribution in [0.4, 0.5) is 0 Å². The first-order valence-corrected chi connectivity index (χ1v) is 5.63. The van der Waals surface area contributed by atoms with E-state index in [4.69, 9.17) is 9.84 Å². The Bertz CT molecular complexity index is 220. The normalized spacial score (nSPS) is 30.1. The highest BCUT2D eigenvalue weighted by atomic mass is 16.5. The van der Waals surface area contributed by atoms with Crippen molar-refractivity contribution in [3.8, 4) is 0 Å². The summed E-state index contributed by atoms with van der Waals surface area (Å²) < 4.78 is 5.53. The number of morpholine rings is 1. The molecular weight excluding hydrogens is 194 g/mol. The minimum absolute atomic E-state index is 0.142. The van der Waals surface area contributed by atoms with Crippen molar-refractivity contribution >= 4 is 5.97 Å². The molecule has 0 radical (unpaired) electrons. The molecule has 1 N–H and O–H groups in total. The van der Waals surface area contributed by atoms with Crippen molar-refractivity contribution in [1.82, 2.24) is 4.90 Å². The molecular formula is C11H21NO3. The Kier molecular flexibility index (Phi) is 4.54. The molecule has 4 heteroatoms. The highest BCUT2D eigenvalue weighted by molar-refractivity contribution is 5.67. The first kappa shape index (κ1) is 12.5. The van der Waals surface area contributed by atoms with Crippen LogP contribution in [-0.2, 0) is 9.53 Å². The Morgan fingerprint density at radius 2 is 2.27 bits per heavy atom. The predicted molar refractivity (Wildman–Crippen MR) is 57.9 cm³/mol. The van der Waals surface area contributed by atoms with E-state index >= 15 is 0 Å². The summed E-state index contributed by atoms with van der Waals surface area (Å²) in [6.45, 7) is 7.72. The molecule has 1 rings (SSSR count). The first-order chi connectivity index (χ1) is 7.04. The molecule has 88 valence electrons. The maximum Gasteiger partial charge on any atom is 0.304 e. The molecule has 0 saturated carbocycles. The van der Waals surface area contributed by atoms with E-state index in [1.165, 1.54) is 0 Å². The minimum Gasteiger partial charge on any atom is -0.481 e. The predicted octanol–water partition coefficient (Wildman–Crippen LogP) is 1.35. The lowest BCUT2D eigenvalue weighted by Gasteiger charge is -2.41. The maximum atomic E-state index is 10.7. The third-order valence-electron chi connectivity index (χ3n) is 3.01. The van der Waals surface area contributed by atoms with E-state index in [2.05, 4.69) is 11.8 Å². The molecule has 3 atom stereocenters. The molecule has 1 aliphatic heterocycles. The highest BCUT2D eigenvalue weighted by Gasteiger charge is 2.29. The number of carbonyl (C=O) groups is 1. The van der Waals surface area contributed by atoms with E-state index in [1.54, 1.807) is 0 Å². The number of hydrogen-bond acceptors (Lipinski definition) is 3. The van der Waals surface area contributed by atoms with E-state index in [9.17, 15) is 4.79 Å². The zero-order valence-electron chi connectivity index (χ0n) is 9.77. The summed E-state index contributed by atoms with van der Waals surface area (Å²) in [7, 11) is 0. The molecule has 0 aliphatic carbocycles. The molecule has 1 heterocycles. The quantitative estimate of drug-likeness (QED) is 0.769. The third-order valence-corrected chi connectivity index (χ3v) is 3.01. The van der Waals surface area contributed by atoms with Gasteiger partial charge < -0.3 is 9.84 Å². The second-order valence-electron chi connectivity index (χ2n) is 4.35. The van der Waals surface area contributed by atoms with Crippen LogP contribution in [0.25, 0.3) is 0 Å². The van der Waals surface area contributed by atoms with Crippen LogP contribution < -0.4 is 0 Å². The summed E-state index contributed by atoms with van der Waals surface area (Å²) in [5, 5.41) is 8.84. The van der Waals surface area contributed by atoms with Gasteiger partial charge in [0.25, 0.3) is 0 Å². The Labute approximate surface area is 91.2 Å². The van der Waals surface area contributed by atoms with Gasteiger partial charge in [-0.15, -0.1) is 0 Å². The summed E-state index contributed by atoms with van der Waals surface area (Å²) >= 11 is 0. The van der Waals surface area contributed by atoms with Crippen LogP contribution >= 0.6 is 0 Å². The van der Waals surface area contributed by atoms with Crippen LogP contribution in [0.15, 0.2) is 0 Å². The molecule has 4 nitrogen and oxygen atoms in total. The van der Waals surface area contributed by atoms with E-state index in [-0.39, 0.29) is 18.6 Å². The monoisotopic (exact) mass is 215 g/mol. The topological polar surface area (TPSA) is 49.8 Å². The summed E-state index contributed by atoms with van der Waals surface area (Å²) in [5.74, 6) is -0.715. The van der Waals surface area contributed by atoms with Gasteiger partial charge in [0.2, 0.25) is 0 Å². The van der Waals surface area contributed by atoms with Gasteiger partial charge in [0.1, 0.15) is 0 Å². The fraction of sp³-hybridized carbons (Fsp3) is 0.909. The molecule has 0 aromatic rings. The number of aliphatic carboxylic acids is 1. The standard InChI is InChI=1S/C11H21NO3/c1-4-10(5-11(13)14)12-6-9(3)15-7-8(12)2/h8-10H,4-7H2,1-3H3,(H,13,14). The highest BCUT2D eigenvalue weighted by Crippen LogP contribution is 2.18. The molecule has 0 aromatic carbocycles. The van der Waals surface area contributed by atoms with Crippen molar-refractivity contribution in [1.29, 1.82) is 0 Å². The van der Waals surface area contributed by atoms with Crippen molar-refractivity contribution in [3.05, 3.63) is 0 Å². The number of nitrogens with zero attached hydrogens (tertiary/aromatic N) is 1. The van der Waals surface area contributed by atoms with Gasteiger partial charge >= 0.3 is 5.97 Å². The molecule has 0 bridgehead atoms. The number of ether oxygens (including phenoxy) is 1. The molecule has 15 heavy (non-hydrogen) atoms. The van der Waals surface area contributed by atoms with Crippen molar-refractivity contribution in [2.24, 2.45) is 0 Å². The fourth-order valence-corrected chi connectivity index (χ4v) is 2.14. The van der Waals surface area contributed by atoms with Gasteiger partial charge in [-0.3, -0.25) is 9.69 Å². The van der Waals surface area contributed by atoms with E-state index in [1.807, 2.05) is 13.8 Å². The SMILES string of the molecule is CCC(CC(=O)O)N1CC(C)OCC1C. The Balaban J connectivity index is 2.59. The average Bonchev–Trinajstić information content (AvgIpc) is 2.18. The second kappa shape index (κ2) is 5.47. The molecule has 1 saturated heterocycles. The molecule has 1 fully saturated rings.